The molecule has 0 aromatic heterocycles. The highest BCUT2D eigenvalue weighted by molar-refractivity contribution is 7.89. The second kappa shape index (κ2) is 14.5. The van der Waals surface area contributed by atoms with Crippen LogP contribution < -0.4 is 16.4 Å². The van der Waals surface area contributed by atoms with Gasteiger partial charge in [0.25, 0.3) is 0 Å². The fourth-order valence-electron chi connectivity index (χ4n) is 6.07. The first-order chi connectivity index (χ1) is 22.4. The van der Waals surface area contributed by atoms with E-state index >= 15 is 4.39 Å². The van der Waals surface area contributed by atoms with Crippen molar-refractivity contribution in [2.24, 2.45) is 5.73 Å². The van der Waals surface area contributed by atoms with Crippen LogP contribution in [0.15, 0.2) is 89.8 Å². The van der Waals surface area contributed by atoms with Crippen molar-refractivity contribution in [2.75, 3.05) is 18.4 Å². The van der Waals surface area contributed by atoms with Crippen molar-refractivity contribution in [3.8, 4) is 0 Å². The Morgan fingerprint density at radius 2 is 1.62 bits per heavy atom. The summed E-state index contributed by atoms with van der Waals surface area (Å²) in [6, 6.07) is 15.6. The zero-order chi connectivity index (χ0) is 33.9. The van der Waals surface area contributed by atoms with Crippen LogP contribution in [0.25, 0.3) is 0 Å². The number of rotatable bonds is 10. The number of sulfonamides is 1. The predicted molar refractivity (Wildman–Crippen MR) is 173 cm³/mol. The topological polar surface area (TPSA) is 105 Å². The number of hydrogen-bond donors (Lipinski definition) is 3. The number of amides is 1. The van der Waals surface area contributed by atoms with E-state index in [0.717, 1.165) is 24.3 Å². The number of hydrogen-bond acceptors (Lipinski definition) is 5. The Labute approximate surface area is 275 Å². The molecule has 1 aliphatic heterocycles. The first-order valence-electron chi connectivity index (χ1n) is 14.9. The summed E-state index contributed by atoms with van der Waals surface area (Å²) in [6.07, 6.45) is 0.235. The molecule has 0 bridgehead atoms. The fraction of sp³-hybridized carbons (Fsp3) is 0.265. The van der Waals surface area contributed by atoms with Gasteiger partial charge in [-0.3, -0.25) is 4.79 Å². The molecule has 1 saturated heterocycles. The molecule has 4 N–H and O–H groups in total. The van der Waals surface area contributed by atoms with E-state index in [1.807, 2.05) is 0 Å². The molecule has 248 valence electrons. The third-order valence-electron chi connectivity index (χ3n) is 8.25. The third kappa shape index (κ3) is 7.68. The van der Waals surface area contributed by atoms with Crippen LogP contribution in [-0.4, -0.2) is 49.8 Å². The van der Waals surface area contributed by atoms with Crippen molar-refractivity contribution >= 4 is 33.2 Å². The molecule has 1 fully saturated rings. The Morgan fingerprint density at radius 1 is 0.936 bits per heavy atom. The molecule has 1 aliphatic rings. The summed E-state index contributed by atoms with van der Waals surface area (Å²) in [4.78, 5) is 13.6. The van der Waals surface area contributed by atoms with Crippen LogP contribution in [-0.2, 0) is 21.2 Å². The first kappa shape index (κ1) is 34.5. The van der Waals surface area contributed by atoms with E-state index < -0.39 is 63.2 Å². The van der Waals surface area contributed by atoms with E-state index in [-0.39, 0.29) is 39.6 Å². The maximum atomic E-state index is 15.3. The van der Waals surface area contributed by atoms with E-state index in [1.165, 1.54) is 46.8 Å². The maximum absolute atomic E-state index is 15.3. The lowest BCUT2D eigenvalue weighted by Gasteiger charge is -2.40. The predicted octanol–water partition coefficient (Wildman–Crippen LogP) is 5.98. The van der Waals surface area contributed by atoms with Gasteiger partial charge in [0.2, 0.25) is 15.9 Å². The molecule has 0 spiro atoms. The van der Waals surface area contributed by atoms with Crippen molar-refractivity contribution in [2.45, 2.75) is 48.7 Å². The molecule has 4 atom stereocenters. The zero-order valence-corrected chi connectivity index (χ0v) is 26.8. The molecule has 0 saturated carbocycles. The molecule has 0 unspecified atom stereocenters. The zero-order valence-electron chi connectivity index (χ0n) is 25.3. The molecule has 0 radical (unpaired) electrons. The second-order valence-corrected chi connectivity index (χ2v) is 13.7. The highest BCUT2D eigenvalue weighted by Gasteiger charge is 2.39. The van der Waals surface area contributed by atoms with Crippen molar-refractivity contribution in [1.82, 2.24) is 9.62 Å². The Bertz CT molecular complexity index is 1840. The summed E-state index contributed by atoms with van der Waals surface area (Å²) < 4.78 is 86.4. The van der Waals surface area contributed by atoms with Gasteiger partial charge in [-0.15, -0.1) is 0 Å². The smallest absolute Gasteiger partial charge is 0.245 e. The van der Waals surface area contributed by atoms with Crippen molar-refractivity contribution in [1.29, 1.82) is 0 Å². The van der Waals surface area contributed by atoms with E-state index in [2.05, 4.69) is 10.6 Å². The van der Waals surface area contributed by atoms with Crippen molar-refractivity contribution < 1.29 is 30.8 Å². The van der Waals surface area contributed by atoms with E-state index in [1.54, 1.807) is 19.1 Å². The number of carbonyl (C=O) groups is 1. The van der Waals surface area contributed by atoms with Crippen molar-refractivity contribution in [3.05, 3.63) is 130 Å². The molecule has 13 heteroatoms. The molecular weight excluding hydrogens is 656 g/mol. The number of benzene rings is 4. The van der Waals surface area contributed by atoms with Gasteiger partial charge in [-0.05, 0) is 79.4 Å². The standard InChI is InChI=1S/C34H33ClF4N4O3S/c1-20-18-41-19-26(43(20)47(45,46)31-8-3-2-5-28(31)35)13-14-27-29(39)6-4-7-30(27)42-34(44)33(40)32(21-9-11-23(36)12-10-21)22-15-24(37)17-25(38)16-22/h2-12,15-17,20,26,32-33,41H,13-14,18-19,40H2,1H3,(H,42,44)/t20-,26-,32-,33-/m0/s1. The van der Waals surface area contributed by atoms with Gasteiger partial charge in [-0.25, -0.2) is 26.0 Å². The highest BCUT2D eigenvalue weighted by Crippen LogP contribution is 2.32. The molecule has 1 heterocycles. The van der Waals surface area contributed by atoms with Gasteiger partial charge in [0.05, 0.1) is 11.1 Å². The van der Waals surface area contributed by atoms with Gasteiger partial charge in [-0.1, -0.05) is 41.9 Å². The number of halogens is 5. The van der Waals surface area contributed by atoms with Crippen LogP contribution in [0, 0.1) is 23.3 Å². The van der Waals surface area contributed by atoms with Gasteiger partial charge >= 0.3 is 0 Å². The molecule has 7 nitrogen and oxygen atoms in total. The summed E-state index contributed by atoms with van der Waals surface area (Å²) in [5, 5.41) is 5.97. The number of nitrogens with two attached hydrogens (primary N) is 1. The van der Waals surface area contributed by atoms with Gasteiger partial charge < -0.3 is 16.4 Å². The van der Waals surface area contributed by atoms with Gasteiger partial charge in [0.15, 0.2) is 0 Å². The lowest BCUT2D eigenvalue weighted by atomic mass is 9.84. The minimum absolute atomic E-state index is 0.0258. The average Bonchev–Trinajstić information content (AvgIpc) is 3.01. The number of carbonyl (C=O) groups excluding carboxylic acids is 1. The lowest BCUT2D eigenvalue weighted by Crippen LogP contribution is -2.58. The minimum Gasteiger partial charge on any atom is -0.324 e. The van der Waals surface area contributed by atoms with E-state index in [0.29, 0.717) is 24.7 Å². The van der Waals surface area contributed by atoms with Crippen LogP contribution in [0.2, 0.25) is 5.02 Å². The Morgan fingerprint density at radius 3 is 2.30 bits per heavy atom. The number of nitrogens with one attached hydrogen (secondary N) is 2. The Kier molecular flexibility index (Phi) is 10.7. The van der Waals surface area contributed by atoms with E-state index in [9.17, 15) is 26.4 Å². The van der Waals surface area contributed by atoms with Gasteiger partial charge in [0, 0.05) is 48.4 Å². The lowest BCUT2D eigenvalue weighted by molar-refractivity contribution is -0.117. The van der Waals surface area contributed by atoms with Gasteiger partial charge in [0.1, 0.15) is 28.2 Å². The third-order valence-corrected chi connectivity index (χ3v) is 10.8. The molecule has 47 heavy (non-hydrogen) atoms. The quantitative estimate of drug-likeness (QED) is 0.178. The van der Waals surface area contributed by atoms with Crippen molar-refractivity contribution in [3.63, 3.8) is 0 Å². The maximum Gasteiger partial charge on any atom is 0.245 e. The minimum atomic E-state index is -4.01. The van der Waals surface area contributed by atoms with Gasteiger partial charge in [-0.2, -0.15) is 4.31 Å². The monoisotopic (exact) mass is 688 g/mol. The van der Waals surface area contributed by atoms with Crippen LogP contribution in [0.3, 0.4) is 0 Å². The van der Waals surface area contributed by atoms with E-state index in [4.69, 9.17) is 17.3 Å². The summed E-state index contributed by atoms with van der Waals surface area (Å²) >= 11 is 6.26. The second-order valence-electron chi connectivity index (χ2n) is 11.5. The van der Waals surface area contributed by atoms with Crippen LogP contribution >= 0.6 is 11.6 Å². The Hall–Kier alpha value is -3.81. The Balaban J connectivity index is 1.40. The fourth-order valence-corrected chi connectivity index (χ4v) is 8.41. The first-order valence-corrected chi connectivity index (χ1v) is 16.7. The summed E-state index contributed by atoms with van der Waals surface area (Å²) in [5.74, 6) is -4.83. The average molecular weight is 689 g/mol. The molecule has 4 aromatic rings. The largest absolute Gasteiger partial charge is 0.324 e. The number of piperazine rings is 1. The molecular formula is C34H33ClF4N4O3S. The van der Waals surface area contributed by atoms with Crippen LogP contribution in [0.1, 0.15) is 36.0 Å². The molecule has 0 aliphatic carbocycles. The summed E-state index contributed by atoms with van der Waals surface area (Å²) in [5.41, 5.74) is 7.01. The summed E-state index contributed by atoms with van der Waals surface area (Å²) in [7, 11) is -4.01. The molecule has 1 amide bonds. The normalized spacial score (nSPS) is 18.4. The molecule has 5 rings (SSSR count). The number of nitrogens with zero attached hydrogens (tertiary/aromatic N) is 1. The highest BCUT2D eigenvalue weighted by atomic mass is 35.5. The summed E-state index contributed by atoms with van der Waals surface area (Å²) in [6.45, 7) is 2.48. The molecule has 4 aromatic carbocycles. The SMILES string of the molecule is C[C@H]1CNC[C@H](CCc2c(F)cccc2NC(=O)[C@@H](N)[C@@H](c2ccc(F)cc2)c2cc(F)cc(F)c2)N1S(=O)(=O)c1ccccc1Cl. The van der Waals surface area contributed by atoms with Crippen LogP contribution in [0.4, 0.5) is 23.2 Å². The number of anilines is 1. The van der Waals surface area contributed by atoms with Crippen LogP contribution in [0.5, 0.6) is 0 Å².